The average Bonchev–Trinajstić information content (AvgIpc) is 2.99. The molecular weight excluding hydrogens is 596 g/mol. The van der Waals surface area contributed by atoms with Crippen LogP contribution in [0.25, 0.3) is 0 Å². The molecule has 0 aliphatic carbocycles. The maximum Gasteiger partial charge on any atom is 0.334 e. The van der Waals surface area contributed by atoms with E-state index < -0.39 is 28.3 Å². The zero-order chi connectivity index (χ0) is 32.1. The molecular formula is C32H36N6O6S. The highest BCUT2D eigenvalue weighted by Crippen LogP contribution is 2.30. The lowest BCUT2D eigenvalue weighted by atomic mass is 9.98. The maximum atomic E-state index is 14.1. The Morgan fingerprint density at radius 2 is 1.71 bits per heavy atom. The third-order valence-electron chi connectivity index (χ3n) is 7.63. The van der Waals surface area contributed by atoms with Gasteiger partial charge in [-0.1, -0.05) is 60.7 Å². The minimum atomic E-state index is -3.52. The van der Waals surface area contributed by atoms with Gasteiger partial charge in [-0.25, -0.2) is 23.2 Å². The topological polar surface area (TPSA) is 143 Å². The standard InChI is InChI=1S/C32H36N6O6S/c1-3-16-36-22-30(40)37-28(18-23-12-14-27(39)15-13-23)31(41)35(20-25-10-7-11-26(17-25)34-45(2,43)44)21-29(37)38(36)32(42)33-19-24-8-5-4-6-9-24/h3-15,17,28-29,34,39H,1,16,18-22H2,2H3,(H,33,42)/t28-,29?/m0/s1. The highest BCUT2D eigenvalue weighted by molar-refractivity contribution is 7.92. The van der Waals surface area contributed by atoms with E-state index in [-0.39, 0.29) is 56.7 Å². The molecule has 2 aliphatic heterocycles. The second-order valence-corrected chi connectivity index (χ2v) is 12.8. The summed E-state index contributed by atoms with van der Waals surface area (Å²) >= 11 is 0. The molecule has 0 aromatic heterocycles. The molecule has 236 valence electrons. The van der Waals surface area contributed by atoms with Gasteiger partial charge in [-0.05, 0) is 41.0 Å². The Kier molecular flexibility index (Phi) is 9.40. The number of rotatable bonds is 10. The first-order valence-electron chi connectivity index (χ1n) is 14.4. The van der Waals surface area contributed by atoms with Gasteiger partial charge in [0.15, 0.2) is 0 Å². The molecule has 4 amide bonds. The molecule has 3 aromatic rings. The van der Waals surface area contributed by atoms with E-state index in [9.17, 15) is 27.9 Å². The number of carbonyl (C=O) groups is 3. The van der Waals surface area contributed by atoms with Crippen molar-refractivity contribution in [2.75, 3.05) is 30.6 Å². The van der Waals surface area contributed by atoms with Gasteiger partial charge in [0.25, 0.3) is 0 Å². The maximum absolute atomic E-state index is 14.1. The predicted molar refractivity (Wildman–Crippen MR) is 169 cm³/mol. The van der Waals surface area contributed by atoms with Crippen LogP contribution in [0.15, 0.2) is 91.5 Å². The number of fused-ring (bicyclic) bond motifs is 1. The number of carbonyl (C=O) groups excluding carboxylic acids is 3. The van der Waals surface area contributed by atoms with Gasteiger partial charge in [0.05, 0.1) is 19.3 Å². The van der Waals surface area contributed by atoms with Crippen molar-refractivity contribution in [3.8, 4) is 5.75 Å². The van der Waals surface area contributed by atoms with E-state index in [1.165, 1.54) is 22.0 Å². The lowest BCUT2D eigenvalue weighted by Crippen LogP contribution is -2.76. The molecule has 0 saturated carbocycles. The molecule has 2 saturated heterocycles. The predicted octanol–water partition coefficient (Wildman–Crippen LogP) is 2.50. The smallest absolute Gasteiger partial charge is 0.334 e. The number of phenols is 1. The number of sulfonamides is 1. The Balaban J connectivity index is 1.49. The molecule has 13 heteroatoms. The molecule has 2 atom stereocenters. The van der Waals surface area contributed by atoms with Crippen LogP contribution in [0, 0.1) is 0 Å². The molecule has 0 radical (unpaired) electrons. The largest absolute Gasteiger partial charge is 0.508 e. The lowest BCUT2D eigenvalue weighted by molar-refractivity contribution is -0.189. The highest BCUT2D eigenvalue weighted by Gasteiger charge is 2.51. The summed E-state index contributed by atoms with van der Waals surface area (Å²) in [6.45, 7) is 4.31. The van der Waals surface area contributed by atoms with E-state index in [0.29, 0.717) is 11.3 Å². The Morgan fingerprint density at radius 3 is 2.40 bits per heavy atom. The number of urea groups is 1. The number of benzene rings is 3. The number of anilines is 1. The number of nitrogens with zero attached hydrogens (tertiary/aromatic N) is 4. The van der Waals surface area contributed by atoms with Gasteiger partial charge in [0.1, 0.15) is 18.0 Å². The van der Waals surface area contributed by atoms with Crippen molar-refractivity contribution in [2.45, 2.75) is 31.7 Å². The summed E-state index contributed by atoms with van der Waals surface area (Å²) in [5.74, 6) is -0.535. The quantitative estimate of drug-likeness (QED) is 0.292. The van der Waals surface area contributed by atoms with Gasteiger partial charge in [0, 0.05) is 31.7 Å². The number of hydrazine groups is 1. The second kappa shape index (κ2) is 13.4. The number of nitrogens with one attached hydrogen (secondary N) is 2. The Hall–Kier alpha value is -4.88. The van der Waals surface area contributed by atoms with Crippen molar-refractivity contribution in [1.82, 2.24) is 25.1 Å². The second-order valence-electron chi connectivity index (χ2n) is 11.1. The number of phenolic OH excluding ortho intramolecular Hbond substituents is 1. The van der Waals surface area contributed by atoms with Gasteiger partial charge in [0.2, 0.25) is 21.8 Å². The van der Waals surface area contributed by atoms with Crippen LogP contribution in [0.1, 0.15) is 16.7 Å². The van der Waals surface area contributed by atoms with E-state index in [0.717, 1.165) is 17.4 Å². The van der Waals surface area contributed by atoms with Crippen molar-refractivity contribution < 1.29 is 27.9 Å². The number of aromatic hydroxyl groups is 1. The van der Waals surface area contributed by atoms with Crippen LogP contribution in [0.5, 0.6) is 5.75 Å². The summed E-state index contributed by atoms with van der Waals surface area (Å²) in [5.41, 5.74) is 2.65. The van der Waals surface area contributed by atoms with Crippen LogP contribution in [0.4, 0.5) is 10.5 Å². The fraction of sp³-hybridized carbons (Fsp3) is 0.281. The first kappa shape index (κ1) is 31.5. The molecule has 2 aliphatic rings. The summed E-state index contributed by atoms with van der Waals surface area (Å²) in [7, 11) is -3.52. The Morgan fingerprint density at radius 1 is 1.00 bits per heavy atom. The molecule has 3 N–H and O–H groups in total. The number of piperazine rings is 1. The molecule has 0 bridgehead atoms. The van der Waals surface area contributed by atoms with Gasteiger partial charge in [-0.3, -0.25) is 14.3 Å². The zero-order valence-electron chi connectivity index (χ0n) is 24.9. The minimum absolute atomic E-state index is 0.0206. The average molecular weight is 633 g/mol. The number of amides is 4. The highest BCUT2D eigenvalue weighted by atomic mass is 32.2. The zero-order valence-corrected chi connectivity index (χ0v) is 25.7. The number of hydrogen-bond acceptors (Lipinski definition) is 7. The van der Waals surface area contributed by atoms with Crippen LogP contribution >= 0.6 is 0 Å². The SMILES string of the molecule is C=CCN1CC(=O)N2C(CN(Cc3cccc(NS(C)(=O)=O)c3)C(=O)[C@@H]2Cc2ccc(O)cc2)N1C(=O)NCc1ccccc1. The van der Waals surface area contributed by atoms with E-state index in [1.807, 2.05) is 30.3 Å². The molecule has 1 unspecified atom stereocenters. The van der Waals surface area contributed by atoms with Crippen molar-refractivity contribution in [1.29, 1.82) is 0 Å². The summed E-state index contributed by atoms with van der Waals surface area (Å²) in [5, 5.41) is 15.9. The van der Waals surface area contributed by atoms with Crippen LogP contribution in [0.3, 0.4) is 0 Å². The van der Waals surface area contributed by atoms with Crippen LogP contribution < -0.4 is 10.0 Å². The summed E-state index contributed by atoms with van der Waals surface area (Å²) in [6.07, 6.45) is 2.00. The van der Waals surface area contributed by atoms with Gasteiger partial charge in [-0.15, -0.1) is 6.58 Å². The van der Waals surface area contributed by atoms with Crippen molar-refractivity contribution >= 4 is 33.6 Å². The number of hydrogen-bond donors (Lipinski definition) is 3. The molecule has 2 heterocycles. The van der Waals surface area contributed by atoms with Gasteiger partial charge < -0.3 is 20.2 Å². The summed E-state index contributed by atoms with van der Waals surface area (Å²) in [6, 6.07) is 21.2. The van der Waals surface area contributed by atoms with Gasteiger partial charge >= 0.3 is 6.03 Å². The monoisotopic (exact) mass is 632 g/mol. The fourth-order valence-electron chi connectivity index (χ4n) is 5.72. The molecule has 2 fully saturated rings. The van der Waals surface area contributed by atoms with Crippen LogP contribution in [0.2, 0.25) is 0 Å². The Labute approximate surface area is 262 Å². The molecule has 12 nitrogen and oxygen atoms in total. The summed E-state index contributed by atoms with van der Waals surface area (Å²) in [4.78, 5) is 44.8. The van der Waals surface area contributed by atoms with Crippen molar-refractivity contribution in [3.05, 3.63) is 108 Å². The third kappa shape index (κ3) is 7.62. The Bertz CT molecular complexity index is 1670. The fourth-order valence-corrected chi connectivity index (χ4v) is 6.28. The van der Waals surface area contributed by atoms with Crippen LogP contribution in [-0.4, -0.2) is 89.3 Å². The van der Waals surface area contributed by atoms with E-state index in [4.69, 9.17) is 0 Å². The molecule has 5 rings (SSSR count). The van der Waals surface area contributed by atoms with Crippen LogP contribution in [-0.2, 0) is 39.1 Å². The summed E-state index contributed by atoms with van der Waals surface area (Å²) < 4.78 is 26.1. The lowest BCUT2D eigenvalue weighted by Gasteiger charge is -2.55. The minimum Gasteiger partial charge on any atom is -0.508 e. The van der Waals surface area contributed by atoms with Crippen molar-refractivity contribution in [3.63, 3.8) is 0 Å². The first-order chi connectivity index (χ1) is 21.5. The van der Waals surface area contributed by atoms with Crippen molar-refractivity contribution in [2.24, 2.45) is 0 Å². The van der Waals surface area contributed by atoms with E-state index in [1.54, 1.807) is 52.4 Å². The molecule has 45 heavy (non-hydrogen) atoms. The third-order valence-corrected chi connectivity index (χ3v) is 8.24. The van der Waals surface area contributed by atoms with E-state index in [2.05, 4.69) is 16.6 Å². The molecule has 3 aromatic carbocycles. The van der Waals surface area contributed by atoms with E-state index >= 15 is 0 Å². The van der Waals surface area contributed by atoms with Gasteiger partial charge in [-0.2, -0.15) is 0 Å². The normalized spacial score (nSPS) is 18.8. The first-order valence-corrected chi connectivity index (χ1v) is 16.3. The molecule has 0 spiro atoms.